The fraction of sp³-hybridized carbons (Fsp3) is 0.500. The van der Waals surface area contributed by atoms with Crippen LogP contribution >= 0.6 is 11.8 Å². The van der Waals surface area contributed by atoms with Gasteiger partial charge in [0, 0.05) is 13.0 Å². The van der Waals surface area contributed by atoms with Gasteiger partial charge in [-0.25, -0.2) is 0 Å². The van der Waals surface area contributed by atoms with Gasteiger partial charge in [0.05, 0.1) is 0 Å². The summed E-state index contributed by atoms with van der Waals surface area (Å²) in [4.78, 5) is 12.0. The first-order chi connectivity index (χ1) is 8.83. The molecular formula is C14H17NO2S. The summed E-state index contributed by atoms with van der Waals surface area (Å²) in [5.41, 5.74) is 1.13. The Morgan fingerprint density at radius 3 is 3.11 bits per heavy atom. The lowest BCUT2D eigenvalue weighted by atomic mass is 10.1. The Hall–Kier alpha value is -1.16. The fourth-order valence-corrected chi connectivity index (χ4v) is 3.72. The third kappa shape index (κ3) is 2.48. The minimum Gasteiger partial charge on any atom is -0.480 e. The van der Waals surface area contributed by atoms with Crippen LogP contribution in [0.3, 0.4) is 0 Å². The predicted molar refractivity (Wildman–Crippen MR) is 73.0 cm³/mol. The Morgan fingerprint density at radius 2 is 2.33 bits per heavy atom. The van der Waals surface area contributed by atoms with E-state index in [-0.39, 0.29) is 12.0 Å². The average Bonchev–Trinajstić information content (AvgIpc) is 3.04. The molecule has 1 N–H and O–H groups in total. The number of fused-ring (bicyclic) bond motifs is 1. The van der Waals surface area contributed by atoms with Crippen molar-refractivity contribution in [3.63, 3.8) is 0 Å². The largest absolute Gasteiger partial charge is 0.480 e. The van der Waals surface area contributed by atoms with Crippen molar-refractivity contribution in [3.05, 3.63) is 29.8 Å². The van der Waals surface area contributed by atoms with Crippen molar-refractivity contribution in [1.82, 2.24) is 5.32 Å². The van der Waals surface area contributed by atoms with Crippen LogP contribution in [0.2, 0.25) is 0 Å². The minimum atomic E-state index is -0.337. The van der Waals surface area contributed by atoms with Gasteiger partial charge in [0.15, 0.2) is 6.10 Å². The molecule has 0 aromatic heterocycles. The Kier molecular flexibility index (Phi) is 3.46. The van der Waals surface area contributed by atoms with Crippen molar-refractivity contribution in [2.24, 2.45) is 5.92 Å². The molecule has 3 nitrogen and oxygen atoms in total. The van der Waals surface area contributed by atoms with Gasteiger partial charge in [0.1, 0.15) is 5.75 Å². The zero-order chi connectivity index (χ0) is 12.4. The van der Waals surface area contributed by atoms with Crippen molar-refractivity contribution in [1.29, 1.82) is 0 Å². The van der Waals surface area contributed by atoms with Crippen LogP contribution in [0.5, 0.6) is 5.75 Å². The van der Waals surface area contributed by atoms with E-state index < -0.39 is 0 Å². The summed E-state index contributed by atoms with van der Waals surface area (Å²) in [6.07, 6.45) is 1.58. The third-order valence-corrected chi connectivity index (χ3v) is 4.76. The molecule has 0 saturated carbocycles. The smallest absolute Gasteiger partial charge is 0.261 e. The standard InChI is InChI=1S/C14H17NO2S/c16-14(15-8-10-5-6-18-9-10)13-7-11-3-1-2-4-12(11)17-13/h1-4,10,13H,5-9H2,(H,15,16)/t10-,13+/m0/s1. The van der Waals surface area contributed by atoms with Crippen LogP contribution in [0.1, 0.15) is 12.0 Å². The molecule has 18 heavy (non-hydrogen) atoms. The maximum atomic E-state index is 12.0. The summed E-state index contributed by atoms with van der Waals surface area (Å²) in [7, 11) is 0. The molecule has 0 spiro atoms. The quantitative estimate of drug-likeness (QED) is 0.904. The van der Waals surface area contributed by atoms with Gasteiger partial charge in [0.25, 0.3) is 5.91 Å². The van der Waals surface area contributed by atoms with E-state index in [1.807, 2.05) is 36.0 Å². The summed E-state index contributed by atoms with van der Waals surface area (Å²) in [5.74, 6) is 3.93. The summed E-state index contributed by atoms with van der Waals surface area (Å²) in [5, 5.41) is 3.02. The van der Waals surface area contributed by atoms with Crippen molar-refractivity contribution in [2.75, 3.05) is 18.1 Å². The van der Waals surface area contributed by atoms with Gasteiger partial charge in [-0.3, -0.25) is 4.79 Å². The van der Waals surface area contributed by atoms with E-state index in [0.29, 0.717) is 12.3 Å². The van der Waals surface area contributed by atoms with Crippen LogP contribution in [-0.4, -0.2) is 30.1 Å². The van der Waals surface area contributed by atoms with Crippen molar-refractivity contribution in [3.8, 4) is 5.75 Å². The summed E-state index contributed by atoms with van der Waals surface area (Å²) < 4.78 is 5.67. The Labute approximate surface area is 111 Å². The first-order valence-corrected chi connectivity index (χ1v) is 7.58. The maximum Gasteiger partial charge on any atom is 0.261 e. The summed E-state index contributed by atoms with van der Waals surface area (Å²) >= 11 is 1.97. The van der Waals surface area contributed by atoms with E-state index in [0.717, 1.165) is 17.9 Å². The molecule has 1 fully saturated rings. The molecule has 1 amide bonds. The van der Waals surface area contributed by atoms with Gasteiger partial charge >= 0.3 is 0 Å². The number of carbonyl (C=O) groups excluding carboxylic acids is 1. The molecule has 1 aromatic rings. The maximum absolute atomic E-state index is 12.0. The van der Waals surface area contributed by atoms with Crippen LogP contribution in [-0.2, 0) is 11.2 Å². The van der Waals surface area contributed by atoms with Crippen LogP contribution in [0.25, 0.3) is 0 Å². The van der Waals surface area contributed by atoms with Gasteiger partial charge in [0.2, 0.25) is 0 Å². The number of amides is 1. The van der Waals surface area contributed by atoms with E-state index in [4.69, 9.17) is 4.74 Å². The van der Waals surface area contributed by atoms with Crippen LogP contribution in [0.4, 0.5) is 0 Å². The summed E-state index contributed by atoms with van der Waals surface area (Å²) in [6.45, 7) is 0.794. The lowest BCUT2D eigenvalue weighted by Crippen LogP contribution is -2.39. The molecule has 0 radical (unpaired) electrons. The Balaban J connectivity index is 1.52. The number of thioether (sulfide) groups is 1. The lowest BCUT2D eigenvalue weighted by molar-refractivity contribution is -0.127. The number of ether oxygens (including phenoxy) is 1. The number of carbonyl (C=O) groups is 1. The zero-order valence-corrected chi connectivity index (χ0v) is 11.0. The number of rotatable bonds is 3. The van der Waals surface area contributed by atoms with Gasteiger partial charge in [-0.2, -0.15) is 11.8 Å². The van der Waals surface area contributed by atoms with Crippen molar-refractivity contribution < 1.29 is 9.53 Å². The average molecular weight is 263 g/mol. The van der Waals surface area contributed by atoms with Crippen LogP contribution in [0, 0.1) is 5.92 Å². The number of para-hydroxylation sites is 1. The highest BCUT2D eigenvalue weighted by atomic mass is 32.2. The predicted octanol–water partition coefficient (Wildman–Crippen LogP) is 1.86. The van der Waals surface area contributed by atoms with Gasteiger partial charge < -0.3 is 10.1 Å². The van der Waals surface area contributed by atoms with Gasteiger partial charge in [-0.15, -0.1) is 0 Å². The SMILES string of the molecule is O=C(NC[C@@H]1CCSC1)[C@H]1Cc2ccccc2O1. The molecule has 0 bridgehead atoms. The lowest BCUT2D eigenvalue weighted by Gasteiger charge is -2.14. The second-order valence-electron chi connectivity index (χ2n) is 4.89. The number of hydrogen-bond acceptors (Lipinski definition) is 3. The first-order valence-electron chi connectivity index (χ1n) is 6.43. The highest BCUT2D eigenvalue weighted by Gasteiger charge is 2.29. The molecule has 2 aliphatic rings. The molecule has 0 unspecified atom stereocenters. The molecule has 3 rings (SSSR count). The van der Waals surface area contributed by atoms with E-state index in [9.17, 15) is 4.79 Å². The van der Waals surface area contributed by atoms with Crippen LogP contribution < -0.4 is 10.1 Å². The number of benzene rings is 1. The second kappa shape index (κ2) is 5.22. The fourth-order valence-electron chi connectivity index (χ4n) is 2.43. The first kappa shape index (κ1) is 11.9. The van der Waals surface area contributed by atoms with E-state index in [1.165, 1.54) is 17.9 Å². The molecule has 1 aromatic carbocycles. The normalized spacial score (nSPS) is 25.6. The highest BCUT2D eigenvalue weighted by molar-refractivity contribution is 7.99. The number of nitrogens with one attached hydrogen (secondary N) is 1. The molecule has 4 heteroatoms. The molecular weight excluding hydrogens is 246 g/mol. The van der Waals surface area contributed by atoms with E-state index >= 15 is 0 Å². The van der Waals surface area contributed by atoms with Gasteiger partial charge in [-0.05, 0) is 35.5 Å². The molecule has 96 valence electrons. The van der Waals surface area contributed by atoms with Crippen molar-refractivity contribution in [2.45, 2.75) is 18.9 Å². The molecule has 0 aliphatic carbocycles. The molecule has 2 heterocycles. The van der Waals surface area contributed by atoms with E-state index in [2.05, 4.69) is 5.32 Å². The van der Waals surface area contributed by atoms with Crippen LogP contribution in [0.15, 0.2) is 24.3 Å². The molecule has 2 atom stereocenters. The Bertz CT molecular complexity index is 418. The molecule has 1 saturated heterocycles. The topological polar surface area (TPSA) is 38.3 Å². The summed E-state index contributed by atoms with van der Waals surface area (Å²) in [6, 6.07) is 7.87. The number of hydrogen-bond donors (Lipinski definition) is 1. The van der Waals surface area contributed by atoms with Gasteiger partial charge in [-0.1, -0.05) is 18.2 Å². The second-order valence-corrected chi connectivity index (χ2v) is 6.04. The third-order valence-electron chi connectivity index (χ3n) is 3.53. The monoisotopic (exact) mass is 263 g/mol. The van der Waals surface area contributed by atoms with Crippen molar-refractivity contribution >= 4 is 17.7 Å². The zero-order valence-electron chi connectivity index (χ0n) is 10.2. The highest BCUT2D eigenvalue weighted by Crippen LogP contribution is 2.28. The molecule has 2 aliphatic heterocycles. The Morgan fingerprint density at radius 1 is 1.44 bits per heavy atom. The van der Waals surface area contributed by atoms with E-state index in [1.54, 1.807) is 0 Å². The minimum absolute atomic E-state index is 0.0306.